The molecule has 2 aliphatic heterocycles. The first-order valence-corrected chi connectivity index (χ1v) is 10.4. The van der Waals surface area contributed by atoms with E-state index >= 15 is 0 Å². The molecule has 0 saturated heterocycles. The second kappa shape index (κ2) is 6.82. The highest BCUT2D eigenvalue weighted by atomic mass is 32.2. The second-order valence-corrected chi connectivity index (χ2v) is 9.10. The lowest BCUT2D eigenvalue weighted by molar-refractivity contribution is -0.131. The number of carbonyl (C=O) groups excluding carboxylic acids is 1. The Balaban J connectivity index is 1.42. The molecule has 1 aromatic heterocycles. The summed E-state index contributed by atoms with van der Waals surface area (Å²) in [6, 6.07) is 5.94. The number of nitrogens with zero attached hydrogens (tertiary/aromatic N) is 4. The van der Waals surface area contributed by atoms with Gasteiger partial charge in [0.2, 0.25) is 11.1 Å². The van der Waals surface area contributed by atoms with Crippen LogP contribution >= 0.6 is 0 Å². The predicted molar refractivity (Wildman–Crippen MR) is 100 cm³/mol. The highest BCUT2D eigenvalue weighted by Crippen LogP contribution is 2.31. The summed E-state index contributed by atoms with van der Waals surface area (Å²) in [5, 5.41) is 0.0199. The fourth-order valence-electron chi connectivity index (χ4n) is 3.76. The van der Waals surface area contributed by atoms with E-state index in [1.165, 1.54) is 27.2 Å². The molecule has 2 aromatic rings. The highest BCUT2D eigenvalue weighted by Gasteiger charge is 2.39. The average molecular weight is 404 g/mol. The van der Waals surface area contributed by atoms with Gasteiger partial charge in [-0.2, -0.15) is 4.31 Å². The highest BCUT2D eigenvalue weighted by molar-refractivity contribution is 7.89. The summed E-state index contributed by atoms with van der Waals surface area (Å²) in [4.78, 5) is 18.5. The smallest absolute Gasteiger partial charge is 0.277 e. The van der Waals surface area contributed by atoms with Crippen molar-refractivity contribution in [2.24, 2.45) is 7.05 Å². The largest absolute Gasteiger partial charge is 0.334 e. The molecule has 1 amide bonds. The zero-order valence-corrected chi connectivity index (χ0v) is 16.5. The van der Waals surface area contributed by atoms with E-state index < -0.39 is 10.0 Å². The molecule has 0 unspecified atom stereocenters. The summed E-state index contributed by atoms with van der Waals surface area (Å²) in [6.07, 6.45) is 3.06. The fraction of sp³-hybridized carbons (Fsp3) is 0.368. The van der Waals surface area contributed by atoms with Gasteiger partial charge in [-0.15, -0.1) is 0 Å². The Hall–Kier alpha value is -2.52. The number of imidazole rings is 1. The minimum atomic E-state index is -3.66. The monoisotopic (exact) mass is 404 g/mol. The van der Waals surface area contributed by atoms with Crippen molar-refractivity contribution in [3.05, 3.63) is 59.2 Å². The van der Waals surface area contributed by atoms with E-state index in [-0.39, 0.29) is 35.9 Å². The quantitative estimate of drug-likeness (QED) is 0.724. The molecule has 2 aliphatic rings. The van der Waals surface area contributed by atoms with Crippen LogP contribution in [0, 0.1) is 5.82 Å². The number of sulfonamides is 1. The zero-order valence-electron chi connectivity index (χ0n) is 15.7. The van der Waals surface area contributed by atoms with Crippen molar-refractivity contribution in [1.82, 2.24) is 18.8 Å². The minimum Gasteiger partial charge on any atom is -0.334 e. The van der Waals surface area contributed by atoms with Gasteiger partial charge in [-0.1, -0.05) is 12.1 Å². The van der Waals surface area contributed by atoms with Crippen LogP contribution in [0.1, 0.15) is 18.4 Å². The summed E-state index contributed by atoms with van der Waals surface area (Å²) in [7, 11) is -2.02. The van der Waals surface area contributed by atoms with Gasteiger partial charge >= 0.3 is 0 Å². The maximum atomic E-state index is 13.1. The number of aryl methyl sites for hydroxylation is 1. The third kappa shape index (κ3) is 3.14. The van der Waals surface area contributed by atoms with E-state index in [9.17, 15) is 17.6 Å². The van der Waals surface area contributed by atoms with Crippen LogP contribution in [0.3, 0.4) is 0 Å². The predicted octanol–water partition coefficient (Wildman–Crippen LogP) is 1.51. The minimum absolute atomic E-state index is 0.0199. The van der Waals surface area contributed by atoms with Gasteiger partial charge in [0.1, 0.15) is 5.82 Å². The lowest BCUT2D eigenvalue weighted by Gasteiger charge is -2.25. The van der Waals surface area contributed by atoms with Crippen molar-refractivity contribution in [3.63, 3.8) is 0 Å². The van der Waals surface area contributed by atoms with Crippen LogP contribution in [-0.4, -0.2) is 59.3 Å². The molecule has 1 atom stereocenters. The topological polar surface area (TPSA) is 75.5 Å². The van der Waals surface area contributed by atoms with Crippen molar-refractivity contribution in [2.75, 3.05) is 26.2 Å². The van der Waals surface area contributed by atoms with Crippen LogP contribution in [-0.2, 0) is 21.9 Å². The van der Waals surface area contributed by atoms with Crippen LogP contribution in [0.25, 0.3) is 0 Å². The van der Waals surface area contributed by atoms with Crippen LogP contribution in [0.4, 0.5) is 4.39 Å². The van der Waals surface area contributed by atoms with Gasteiger partial charge in [-0.3, -0.25) is 4.79 Å². The Morgan fingerprint density at radius 1 is 1.11 bits per heavy atom. The standard InChI is InChI=1S/C19H21FN4O3S/c1-13(14-3-5-17(20)6-4-14)18(25)23-9-15-11-24(12-16(15)10-23)28(26,27)19-21-7-8-22(19)2/h3-8,13H,9-12H2,1-2H3/t13-/m0/s1. The van der Waals surface area contributed by atoms with E-state index in [1.807, 2.05) is 0 Å². The Morgan fingerprint density at radius 2 is 1.71 bits per heavy atom. The number of hydrogen-bond acceptors (Lipinski definition) is 4. The molecule has 0 saturated carbocycles. The summed E-state index contributed by atoms with van der Waals surface area (Å²) in [6.45, 7) is 3.20. The second-order valence-electron chi connectivity index (χ2n) is 7.27. The molecule has 0 spiro atoms. The van der Waals surface area contributed by atoms with E-state index in [0.29, 0.717) is 13.1 Å². The van der Waals surface area contributed by atoms with Crippen LogP contribution in [0.5, 0.6) is 0 Å². The van der Waals surface area contributed by atoms with Gasteiger partial charge in [0.25, 0.3) is 10.0 Å². The molecule has 0 fully saturated rings. The molecular formula is C19H21FN4O3S. The van der Waals surface area contributed by atoms with Gasteiger partial charge in [-0.25, -0.2) is 17.8 Å². The molecule has 148 valence electrons. The van der Waals surface area contributed by atoms with Crippen molar-refractivity contribution in [3.8, 4) is 0 Å². The third-order valence-electron chi connectivity index (χ3n) is 5.40. The third-order valence-corrected chi connectivity index (χ3v) is 7.19. The van der Waals surface area contributed by atoms with Crippen LogP contribution in [0.2, 0.25) is 0 Å². The van der Waals surface area contributed by atoms with Crippen molar-refractivity contribution < 1.29 is 17.6 Å². The molecule has 1 aromatic carbocycles. The van der Waals surface area contributed by atoms with Crippen molar-refractivity contribution in [1.29, 1.82) is 0 Å². The van der Waals surface area contributed by atoms with Crippen molar-refractivity contribution >= 4 is 15.9 Å². The Morgan fingerprint density at radius 3 is 2.25 bits per heavy atom. The molecule has 4 rings (SSSR count). The summed E-state index contributed by atoms with van der Waals surface area (Å²) in [5.74, 6) is -0.758. The molecule has 0 radical (unpaired) electrons. The van der Waals surface area contributed by atoms with Gasteiger partial charge < -0.3 is 9.47 Å². The summed E-state index contributed by atoms with van der Waals surface area (Å²) in [5.41, 5.74) is 2.70. The normalized spacial score (nSPS) is 18.6. The number of hydrogen-bond donors (Lipinski definition) is 0. The summed E-state index contributed by atoms with van der Waals surface area (Å²) < 4.78 is 41.6. The SMILES string of the molecule is C[C@H](C(=O)N1CC2=C(C1)CN(S(=O)(=O)c1nccn1C)C2)c1ccc(F)cc1. The Kier molecular flexibility index (Phi) is 4.59. The molecule has 0 bridgehead atoms. The van der Waals surface area contributed by atoms with Gasteiger partial charge in [0.05, 0.1) is 5.92 Å². The van der Waals surface area contributed by atoms with E-state index in [1.54, 1.807) is 37.2 Å². The van der Waals surface area contributed by atoms with Crippen LogP contribution < -0.4 is 0 Å². The maximum Gasteiger partial charge on any atom is 0.277 e. The van der Waals surface area contributed by atoms with Crippen molar-refractivity contribution in [2.45, 2.75) is 18.0 Å². The first-order chi connectivity index (χ1) is 13.3. The molecular weight excluding hydrogens is 383 g/mol. The lowest BCUT2D eigenvalue weighted by atomic mass is 10.00. The summed E-state index contributed by atoms with van der Waals surface area (Å²) >= 11 is 0. The zero-order chi connectivity index (χ0) is 20.1. The first kappa shape index (κ1) is 18.8. The molecule has 7 nitrogen and oxygen atoms in total. The number of carbonyl (C=O) groups is 1. The molecule has 28 heavy (non-hydrogen) atoms. The number of benzene rings is 1. The van der Waals surface area contributed by atoms with E-state index in [0.717, 1.165) is 16.7 Å². The lowest BCUT2D eigenvalue weighted by Crippen LogP contribution is -2.38. The Labute approximate surface area is 163 Å². The van der Waals surface area contributed by atoms with E-state index in [2.05, 4.69) is 4.98 Å². The van der Waals surface area contributed by atoms with Gasteiger partial charge in [0.15, 0.2) is 0 Å². The number of rotatable bonds is 4. The fourth-order valence-corrected chi connectivity index (χ4v) is 5.26. The van der Waals surface area contributed by atoms with E-state index in [4.69, 9.17) is 0 Å². The first-order valence-electron chi connectivity index (χ1n) is 8.99. The molecule has 9 heteroatoms. The number of amides is 1. The number of halogens is 1. The molecule has 0 aliphatic carbocycles. The van der Waals surface area contributed by atoms with Gasteiger partial charge in [0, 0.05) is 45.6 Å². The average Bonchev–Trinajstić information content (AvgIpc) is 3.35. The number of aromatic nitrogens is 2. The Bertz CT molecular complexity index is 1040. The maximum absolute atomic E-state index is 13.1. The molecule has 0 N–H and O–H groups in total. The van der Waals surface area contributed by atoms with Crippen LogP contribution in [0.15, 0.2) is 53.0 Å². The van der Waals surface area contributed by atoms with Gasteiger partial charge in [-0.05, 0) is 35.8 Å². The molecule has 3 heterocycles.